The van der Waals surface area contributed by atoms with Crippen LogP contribution >= 0.6 is 0 Å². The standard InChI is InChI=1S/C27H25N3O3/c1-3-20(17-8-10-18(11-9-17)21-7-5-4-6-19(21)16-28)22-12-13-23(27(31)32)26-25(22)29-24(30-26)14-15-33-2/h4-13,20H,3,14-15H2,1-2H3,(H,29,30)(H,31,32). The molecule has 0 saturated carbocycles. The summed E-state index contributed by atoms with van der Waals surface area (Å²) in [7, 11) is 1.63. The molecule has 0 saturated heterocycles. The molecule has 1 unspecified atom stereocenters. The third kappa shape index (κ3) is 4.36. The fourth-order valence-corrected chi connectivity index (χ4v) is 4.30. The van der Waals surface area contributed by atoms with Crippen molar-refractivity contribution in [1.82, 2.24) is 9.97 Å². The van der Waals surface area contributed by atoms with Crippen LogP contribution in [-0.4, -0.2) is 34.8 Å². The van der Waals surface area contributed by atoms with Crippen molar-refractivity contribution in [2.45, 2.75) is 25.7 Å². The van der Waals surface area contributed by atoms with E-state index in [-0.39, 0.29) is 11.5 Å². The molecule has 1 atom stereocenters. The summed E-state index contributed by atoms with van der Waals surface area (Å²) in [6.07, 6.45) is 1.41. The van der Waals surface area contributed by atoms with E-state index in [1.165, 1.54) is 0 Å². The number of ether oxygens (including phenoxy) is 1. The molecule has 2 N–H and O–H groups in total. The lowest BCUT2D eigenvalue weighted by molar-refractivity contribution is 0.0699. The van der Waals surface area contributed by atoms with Gasteiger partial charge in [0, 0.05) is 19.4 Å². The van der Waals surface area contributed by atoms with Gasteiger partial charge in [-0.15, -0.1) is 0 Å². The Morgan fingerprint density at radius 3 is 2.58 bits per heavy atom. The zero-order chi connectivity index (χ0) is 23.4. The number of hydrogen-bond donors (Lipinski definition) is 2. The highest BCUT2D eigenvalue weighted by atomic mass is 16.5. The Kier molecular flexibility index (Phi) is 6.53. The molecule has 6 nitrogen and oxygen atoms in total. The second-order valence-electron chi connectivity index (χ2n) is 7.90. The molecule has 4 aromatic rings. The van der Waals surface area contributed by atoms with Gasteiger partial charge in [-0.2, -0.15) is 5.26 Å². The topological polar surface area (TPSA) is 99.0 Å². The van der Waals surface area contributed by atoms with Gasteiger partial charge >= 0.3 is 5.97 Å². The van der Waals surface area contributed by atoms with Crippen molar-refractivity contribution in [2.75, 3.05) is 13.7 Å². The molecule has 1 heterocycles. The molecular formula is C27H25N3O3. The molecule has 0 bridgehead atoms. The average Bonchev–Trinajstić information content (AvgIpc) is 3.27. The predicted octanol–water partition coefficient (Wildman–Crippen LogP) is 5.53. The zero-order valence-corrected chi connectivity index (χ0v) is 18.6. The minimum Gasteiger partial charge on any atom is -0.478 e. The summed E-state index contributed by atoms with van der Waals surface area (Å²) < 4.78 is 5.16. The molecule has 166 valence electrons. The van der Waals surface area contributed by atoms with Gasteiger partial charge in [0.1, 0.15) is 11.3 Å². The molecule has 0 radical (unpaired) electrons. The van der Waals surface area contributed by atoms with Crippen molar-refractivity contribution in [3.63, 3.8) is 0 Å². The number of hydrogen-bond acceptors (Lipinski definition) is 4. The third-order valence-corrected chi connectivity index (χ3v) is 5.95. The van der Waals surface area contributed by atoms with Gasteiger partial charge in [0.25, 0.3) is 0 Å². The molecule has 0 aliphatic heterocycles. The first-order chi connectivity index (χ1) is 16.1. The van der Waals surface area contributed by atoms with Crippen molar-refractivity contribution < 1.29 is 14.6 Å². The highest BCUT2D eigenvalue weighted by Crippen LogP contribution is 2.35. The summed E-state index contributed by atoms with van der Waals surface area (Å²) in [5.41, 5.74) is 6.09. The maximum atomic E-state index is 11.8. The average molecular weight is 440 g/mol. The molecule has 0 aliphatic carbocycles. The summed E-state index contributed by atoms with van der Waals surface area (Å²) in [5.74, 6) is -0.226. The van der Waals surface area contributed by atoms with E-state index in [1.54, 1.807) is 13.2 Å². The van der Waals surface area contributed by atoms with Gasteiger partial charge in [0.2, 0.25) is 0 Å². The van der Waals surface area contributed by atoms with Gasteiger partial charge in [-0.25, -0.2) is 9.78 Å². The molecule has 0 amide bonds. The number of imidazole rings is 1. The number of nitriles is 1. The fourth-order valence-electron chi connectivity index (χ4n) is 4.30. The SMILES string of the molecule is CCC(c1ccc(-c2ccccc2C#N)cc1)c1ccc(C(=O)O)c2nc(CCOC)[nH]c12. The van der Waals surface area contributed by atoms with Crippen LogP contribution < -0.4 is 0 Å². The second-order valence-corrected chi connectivity index (χ2v) is 7.90. The van der Waals surface area contributed by atoms with E-state index >= 15 is 0 Å². The van der Waals surface area contributed by atoms with Crippen molar-refractivity contribution in [1.29, 1.82) is 5.26 Å². The molecule has 1 aromatic heterocycles. The number of nitrogens with one attached hydrogen (secondary N) is 1. The van der Waals surface area contributed by atoms with Gasteiger partial charge in [-0.05, 0) is 40.8 Å². The van der Waals surface area contributed by atoms with Crippen LogP contribution in [0.2, 0.25) is 0 Å². The van der Waals surface area contributed by atoms with E-state index < -0.39 is 5.97 Å². The maximum Gasteiger partial charge on any atom is 0.337 e. The first kappa shape index (κ1) is 22.3. The van der Waals surface area contributed by atoms with Crippen LogP contribution in [0.5, 0.6) is 0 Å². The number of carboxylic acid groups (broad SMARTS) is 1. The third-order valence-electron chi connectivity index (χ3n) is 5.95. The summed E-state index contributed by atoms with van der Waals surface area (Å²) in [4.78, 5) is 19.7. The van der Waals surface area contributed by atoms with Crippen molar-refractivity contribution in [3.8, 4) is 17.2 Å². The molecule has 33 heavy (non-hydrogen) atoms. The largest absolute Gasteiger partial charge is 0.478 e. The molecular weight excluding hydrogens is 414 g/mol. The number of nitrogens with zero attached hydrogens (tertiary/aromatic N) is 2. The van der Waals surface area contributed by atoms with E-state index in [1.807, 2.05) is 42.5 Å². The Labute approximate surface area is 192 Å². The van der Waals surface area contributed by atoms with Crippen LogP contribution in [0.1, 0.15) is 52.1 Å². The van der Waals surface area contributed by atoms with Crippen molar-refractivity contribution in [2.24, 2.45) is 0 Å². The summed E-state index contributed by atoms with van der Waals surface area (Å²) in [6.45, 7) is 2.61. The first-order valence-corrected chi connectivity index (χ1v) is 10.9. The molecule has 0 aliphatic rings. The number of methoxy groups -OCH3 is 1. The lowest BCUT2D eigenvalue weighted by Crippen LogP contribution is -2.04. The Hall–Kier alpha value is -3.95. The zero-order valence-electron chi connectivity index (χ0n) is 18.6. The quantitative estimate of drug-likeness (QED) is 0.376. The van der Waals surface area contributed by atoms with Gasteiger partial charge in [-0.3, -0.25) is 0 Å². The number of aromatic carboxylic acids is 1. The molecule has 0 fully saturated rings. The van der Waals surface area contributed by atoms with Crippen LogP contribution in [-0.2, 0) is 11.2 Å². The maximum absolute atomic E-state index is 11.8. The number of benzene rings is 3. The number of fused-ring (bicyclic) bond motifs is 1. The summed E-state index contributed by atoms with van der Waals surface area (Å²) in [6, 6.07) is 21.6. The van der Waals surface area contributed by atoms with E-state index in [0.29, 0.717) is 29.9 Å². The van der Waals surface area contributed by atoms with Gasteiger partial charge in [-0.1, -0.05) is 55.5 Å². The lowest BCUT2D eigenvalue weighted by atomic mass is 9.86. The molecule has 0 spiro atoms. The minimum atomic E-state index is -0.995. The summed E-state index contributed by atoms with van der Waals surface area (Å²) >= 11 is 0. The lowest BCUT2D eigenvalue weighted by Gasteiger charge is -2.18. The summed E-state index contributed by atoms with van der Waals surface area (Å²) in [5, 5.41) is 19.1. The number of H-pyrrole nitrogens is 1. The minimum absolute atomic E-state index is 0.0614. The predicted molar refractivity (Wildman–Crippen MR) is 127 cm³/mol. The van der Waals surface area contributed by atoms with Crippen molar-refractivity contribution >= 4 is 17.0 Å². The molecule has 4 rings (SSSR count). The van der Waals surface area contributed by atoms with E-state index in [0.717, 1.165) is 34.2 Å². The normalized spacial score (nSPS) is 11.9. The van der Waals surface area contributed by atoms with Crippen LogP contribution in [0.25, 0.3) is 22.2 Å². The van der Waals surface area contributed by atoms with Gasteiger partial charge in [0.15, 0.2) is 0 Å². The van der Waals surface area contributed by atoms with Crippen LogP contribution in [0.4, 0.5) is 0 Å². The number of rotatable bonds is 8. The Balaban J connectivity index is 1.76. The van der Waals surface area contributed by atoms with E-state index in [4.69, 9.17) is 4.74 Å². The fraction of sp³-hybridized carbons (Fsp3) is 0.222. The smallest absolute Gasteiger partial charge is 0.337 e. The number of aromatic amines is 1. The van der Waals surface area contributed by atoms with Crippen LogP contribution in [0, 0.1) is 11.3 Å². The Bertz CT molecular complexity index is 1330. The van der Waals surface area contributed by atoms with Gasteiger partial charge in [0.05, 0.1) is 29.3 Å². The highest BCUT2D eigenvalue weighted by Gasteiger charge is 2.21. The number of carboxylic acids is 1. The Morgan fingerprint density at radius 2 is 1.91 bits per heavy atom. The van der Waals surface area contributed by atoms with Crippen LogP contribution in [0.15, 0.2) is 60.7 Å². The van der Waals surface area contributed by atoms with E-state index in [9.17, 15) is 15.2 Å². The van der Waals surface area contributed by atoms with Crippen LogP contribution in [0.3, 0.4) is 0 Å². The van der Waals surface area contributed by atoms with E-state index in [2.05, 4.69) is 35.1 Å². The number of carbonyl (C=O) groups is 1. The number of aromatic nitrogens is 2. The van der Waals surface area contributed by atoms with Gasteiger partial charge < -0.3 is 14.8 Å². The van der Waals surface area contributed by atoms with Crippen molar-refractivity contribution in [3.05, 3.63) is 88.7 Å². The monoisotopic (exact) mass is 439 g/mol. The Morgan fingerprint density at radius 1 is 1.15 bits per heavy atom. The second kappa shape index (κ2) is 9.68. The molecule has 3 aromatic carbocycles. The highest BCUT2D eigenvalue weighted by molar-refractivity contribution is 6.02. The first-order valence-electron chi connectivity index (χ1n) is 10.9. The molecule has 6 heteroatoms.